The Kier molecular flexibility index (Phi) is 5.94. The molecule has 0 fully saturated rings. The molecule has 0 saturated heterocycles. The Labute approximate surface area is 146 Å². The highest BCUT2D eigenvalue weighted by Crippen LogP contribution is 2.29. The summed E-state index contributed by atoms with van der Waals surface area (Å²) in [6.45, 7) is 4.29. The molecule has 0 aliphatic heterocycles. The summed E-state index contributed by atoms with van der Waals surface area (Å²) in [7, 11) is 1.39. The van der Waals surface area contributed by atoms with Gasteiger partial charge in [0.2, 0.25) is 0 Å². The topological polar surface area (TPSA) is 93.5 Å². The molecule has 7 nitrogen and oxygen atoms in total. The monoisotopic (exact) mass is 343 g/mol. The number of rotatable bonds is 7. The lowest BCUT2D eigenvalue weighted by atomic mass is 10.1. The third-order valence-corrected chi connectivity index (χ3v) is 3.48. The predicted octanol–water partition coefficient (Wildman–Crippen LogP) is 3.35. The Balaban J connectivity index is 2.09. The molecular weight excluding hydrogens is 322 g/mol. The maximum atomic E-state index is 12.1. The fraction of sp³-hybridized carbons (Fsp3) is 0.278. The number of nitro groups is 1. The van der Waals surface area contributed by atoms with Gasteiger partial charge in [-0.3, -0.25) is 14.9 Å². The summed E-state index contributed by atoms with van der Waals surface area (Å²) in [4.78, 5) is 22.5. The van der Waals surface area contributed by atoms with Gasteiger partial charge in [-0.15, -0.1) is 0 Å². The highest BCUT2D eigenvalue weighted by Gasteiger charge is 2.14. The summed E-state index contributed by atoms with van der Waals surface area (Å²) in [5.41, 5.74) is 2.13. The van der Waals surface area contributed by atoms with Crippen molar-refractivity contribution in [3.63, 3.8) is 0 Å². The van der Waals surface area contributed by atoms with Gasteiger partial charge in [0.1, 0.15) is 0 Å². The van der Waals surface area contributed by atoms with Crippen LogP contribution in [0.5, 0.6) is 5.75 Å². The molecule has 0 aliphatic carbocycles. The van der Waals surface area contributed by atoms with Gasteiger partial charge in [-0.1, -0.05) is 12.1 Å². The molecular formula is C18H21N3O4. The first-order valence-electron chi connectivity index (χ1n) is 7.87. The molecule has 0 bridgehead atoms. The number of carbonyl (C=O) groups is 1. The molecule has 0 unspecified atom stereocenters. The van der Waals surface area contributed by atoms with E-state index >= 15 is 0 Å². The summed E-state index contributed by atoms with van der Waals surface area (Å²) in [6.07, 6.45) is 0. The Morgan fingerprint density at radius 3 is 2.64 bits per heavy atom. The van der Waals surface area contributed by atoms with E-state index in [1.807, 2.05) is 32.0 Å². The van der Waals surface area contributed by atoms with Gasteiger partial charge in [0.25, 0.3) is 5.91 Å². The van der Waals surface area contributed by atoms with E-state index < -0.39 is 4.92 Å². The maximum Gasteiger partial charge on any atom is 0.311 e. The van der Waals surface area contributed by atoms with Crippen LogP contribution in [0, 0.1) is 10.1 Å². The third-order valence-electron chi connectivity index (χ3n) is 3.48. The van der Waals surface area contributed by atoms with Crippen molar-refractivity contribution in [2.75, 3.05) is 12.4 Å². The molecule has 0 aliphatic rings. The SMILES string of the molecule is COc1cc(NCc2cccc(C(=O)NC(C)C)c2)ccc1[N+](=O)[O-]. The molecule has 0 atom stereocenters. The van der Waals surface area contributed by atoms with Gasteiger partial charge in [-0.25, -0.2) is 0 Å². The first kappa shape index (κ1) is 18.3. The predicted molar refractivity (Wildman–Crippen MR) is 96.0 cm³/mol. The van der Waals surface area contributed by atoms with Gasteiger partial charge in [0.05, 0.1) is 12.0 Å². The minimum Gasteiger partial charge on any atom is -0.490 e. The molecule has 0 radical (unpaired) electrons. The number of hydrogen-bond donors (Lipinski definition) is 2. The normalized spacial score (nSPS) is 10.4. The highest BCUT2D eigenvalue weighted by molar-refractivity contribution is 5.94. The first-order chi connectivity index (χ1) is 11.9. The molecule has 2 aromatic rings. The minimum absolute atomic E-state index is 0.0712. The molecule has 2 N–H and O–H groups in total. The number of amides is 1. The van der Waals surface area contributed by atoms with Crippen molar-refractivity contribution in [3.05, 3.63) is 63.7 Å². The molecule has 2 rings (SSSR count). The van der Waals surface area contributed by atoms with Crippen molar-refractivity contribution in [2.45, 2.75) is 26.4 Å². The smallest absolute Gasteiger partial charge is 0.311 e. The number of methoxy groups -OCH3 is 1. The lowest BCUT2D eigenvalue weighted by molar-refractivity contribution is -0.385. The summed E-state index contributed by atoms with van der Waals surface area (Å²) in [6, 6.07) is 12.0. The number of hydrogen-bond acceptors (Lipinski definition) is 5. The van der Waals surface area contributed by atoms with Crippen molar-refractivity contribution < 1.29 is 14.5 Å². The van der Waals surface area contributed by atoms with Crippen LogP contribution in [-0.2, 0) is 6.54 Å². The molecule has 0 saturated carbocycles. The second-order valence-corrected chi connectivity index (χ2v) is 5.83. The molecule has 25 heavy (non-hydrogen) atoms. The van der Waals surface area contributed by atoms with Crippen molar-refractivity contribution in [3.8, 4) is 5.75 Å². The van der Waals surface area contributed by atoms with E-state index in [2.05, 4.69) is 10.6 Å². The van der Waals surface area contributed by atoms with E-state index in [1.54, 1.807) is 18.2 Å². The van der Waals surface area contributed by atoms with Crippen LogP contribution in [0.2, 0.25) is 0 Å². The highest BCUT2D eigenvalue weighted by atomic mass is 16.6. The van der Waals surface area contributed by atoms with Gasteiger partial charge in [0, 0.05) is 36.0 Å². The Morgan fingerprint density at radius 2 is 2.00 bits per heavy atom. The summed E-state index contributed by atoms with van der Waals surface area (Å²) in [5.74, 6) is 0.0777. The fourth-order valence-electron chi connectivity index (χ4n) is 2.31. The molecule has 0 aromatic heterocycles. The number of nitrogens with one attached hydrogen (secondary N) is 2. The van der Waals surface area contributed by atoms with E-state index in [0.717, 1.165) is 5.56 Å². The van der Waals surface area contributed by atoms with E-state index in [-0.39, 0.29) is 23.4 Å². The number of carbonyl (C=O) groups excluding carboxylic acids is 1. The van der Waals surface area contributed by atoms with Crippen LogP contribution in [0.25, 0.3) is 0 Å². The Bertz CT molecular complexity index is 775. The van der Waals surface area contributed by atoms with Crippen LogP contribution in [0.3, 0.4) is 0 Å². The van der Waals surface area contributed by atoms with Gasteiger partial charge < -0.3 is 15.4 Å². The third kappa shape index (κ3) is 4.94. The second-order valence-electron chi connectivity index (χ2n) is 5.83. The van der Waals surface area contributed by atoms with Crippen LogP contribution in [0.15, 0.2) is 42.5 Å². The number of ether oxygens (including phenoxy) is 1. The second kappa shape index (κ2) is 8.14. The van der Waals surface area contributed by atoms with Gasteiger partial charge in [-0.2, -0.15) is 0 Å². The van der Waals surface area contributed by atoms with Crippen molar-refractivity contribution in [1.29, 1.82) is 0 Å². The zero-order chi connectivity index (χ0) is 18.4. The van der Waals surface area contributed by atoms with E-state index in [1.165, 1.54) is 13.2 Å². The minimum atomic E-state index is -0.487. The van der Waals surface area contributed by atoms with Crippen molar-refractivity contribution in [2.24, 2.45) is 0 Å². The average Bonchev–Trinajstić information content (AvgIpc) is 2.59. The average molecular weight is 343 g/mol. The lowest BCUT2D eigenvalue weighted by Crippen LogP contribution is -2.30. The quantitative estimate of drug-likeness (QED) is 0.594. The Morgan fingerprint density at radius 1 is 1.24 bits per heavy atom. The van der Waals surface area contributed by atoms with Crippen molar-refractivity contribution >= 4 is 17.3 Å². The van der Waals surface area contributed by atoms with E-state index in [4.69, 9.17) is 4.74 Å². The number of anilines is 1. The van der Waals surface area contributed by atoms with Gasteiger partial charge in [-0.05, 0) is 37.6 Å². The Hall–Kier alpha value is -3.09. The van der Waals surface area contributed by atoms with Crippen molar-refractivity contribution in [1.82, 2.24) is 5.32 Å². The number of nitrogens with zero attached hydrogens (tertiary/aromatic N) is 1. The van der Waals surface area contributed by atoms with Crippen LogP contribution in [0.4, 0.5) is 11.4 Å². The molecule has 7 heteroatoms. The molecule has 0 spiro atoms. The number of nitro benzene ring substituents is 1. The van der Waals surface area contributed by atoms with Crippen LogP contribution < -0.4 is 15.4 Å². The summed E-state index contributed by atoms with van der Waals surface area (Å²) >= 11 is 0. The largest absolute Gasteiger partial charge is 0.490 e. The first-order valence-corrected chi connectivity index (χ1v) is 7.87. The summed E-state index contributed by atoms with van der Waals surface area (Å²) in [5, 5.41) is 16.9. The van der Waals surface area contributed by atoms with E-state index in [9.17, 15) is 14.9 Å². The molecule has 2 aromatic carbocycles. The van der Waals surface area contributed by atoms with Gasteiger partial charge >= 0.3 is 5.69 Å². The zero-order valence-corrected chi connectivity index (χ0v) is 14.4. The van der Waals surface area contributed by atoms with E-state index in [0.29, 0.717) is 17.8 Å². The van der Waals surface area contributed by atoms with Crippen LogP contribution in [0.1, 0.15) is 29.8 Å². The summed E-state index contributed by atoms with van der Waals surface area (Å²) < 4.78 is 5.05. The number of benzene rings is 2. The maximum absolute atomic E-state index is 12.1. The van der Waals surface area contributed by atoms with Crippen LogP contribution in [-0.4, -0.2) is 24.0 Å². The standard InChI is InChI=1S/C18H21N3O4/c1-12(2)20-18(22)14-6-4-5-13(9-14)11-19-15-7-8-16(21(23)24)17(10-15)25-3/h4-10,12,19H,11H2,1-3H3,(H,20,22). The molecule has 132 valence electrons. The molecule has 0 heterocycles. The lowest BCUT2D eigenvalue weighted by Gasteiger charge is -2.11. The molecule has 1 amide bonds. The van der Waals surface area contributed by atoms with Gasteiger partial charge in [0.15, 0.2) is 5.75 Å². The zero-order valence-electron chi connectivity index (χ0n) is 14.4. The van der Waals surface area contributed by atoms with Crippen LogP contribution >= 0.6 is 0 Å². The fourth-order valence-corrected chi connectivity index (χ4v) is 2.31.